The molecule has 7 aromatic rings. The number of anilines is 3. The Morgan fingerprint density at radius 2 is 1.37 bits per heavy atom. The Kier molecular flexibility index (Phi) is 6.88. The number of rotatable bonds is 7. The lowest BCUT2D eigenvalue weighted by Gasteiger charge is -2.33. The summed E-state index contributed by atoms with van der Waals surface area (Å²) >= 11 is 1.75. The number of thiophene rings is 1. The molecule has 0 aliphatic carbocycles. The highest BCUT2D eigenvalue weighted by Gasteiger charge is 2.48. The summed E-state index contributed by atoms with van der Waals surface area (Å²) in [4.78, 5) is 3.49. The Morgan fingerprint density at radius 3 is 2.02 bits per heavy atom. The largest absolute Gasteiger partial charge is 0.311 e. The molecule has 0 unspecified atom stereocenters. The van der Waals surface area contributed by atoms with Crippen LogP contribution in [0.1, 0.15) is 31.6 Å². The molecule has 0 atom stereocenters. The molecule has 0 bridgehead atoms. The van der Waals surface area contributed by atoms with Crippen molar-refractivity contribution in [2.75, 3.05) is 4.90 Å². The minimum absolute atomic E-state index is 0.170. The summed E-state index contributed by atoms with van der Waals surface area (Å²) in [6.45, 7) is 9.24. The van der Waals surface area contributed by atoms with Crippen molar-refractivity contribution >= 4 is 44.7 Å². The summed E-state index contributed by atoms with van der Waals surface area (Å²) in [5, 5.41) is 12.7. The number of allylic oxidation sites excluding steroid dienone is 1. The molecule has 0 fully saturated rings. The molecule has 5 nitrogen and oxygen atoms in total. The molecule has 224 valence electrons. The maximum atomic E-state index is 4.70. The topological polar surface area (TPSA) is 37.8 Å². The van der Waals surface area contributed by atoms with Gasteiger partial charge in [-0.3, -0.25) is 0 Å². The predicted octanol–water partition coefficient (Wildman–Crippen LogP) is 10.1. The second-order valence-corrected chi connectivity index (χ2v) is 12.8. The van der Waals surface area contributed by atoms with E-state index in [1.165, 1.54) is 32.5 Å². The Balaban J connectivity index is 1.15. The van der Waals surface area contributed by atoms with Crippen molar-refractivity contribution in [3.05, 3.63) is 145 Å². The third-order valence-electron chi connectivity index (χ3n) is 9.45. The van der Waals surface area contributed by atoms with Crippen LogP contribution >= 0.6 is 11.3 Å². The van der Waals surface area contributed by atoms with Crippen LogP contribution in [0.15, 0.2) is 140 Å². The van der Waals surface area contributed by atoms with Crippen LogP contribution < -0.4 is 9.47 Å². The van der Waals surface area contributed by atoms with E-state index in [9.17, 15) is 0 Å². The van der Waals surface area contributed by atoms with Gasteiger partial charge in [-0.2, -0.15) is 4.57 Å². The number of pyridine rings is 1. The molecule has 4 heterocycles. The third-order valence-corrected chi connectivity index (χ3v) is 10.6. The van der Waals surface area contributed by atoms with Crippen LogP contribution in [0.2, 0.25) is 0 Å². The summed E-state index contributed by atoms with van der Waals surface area (Å²) in [6.07, 6.45) is 6.29. The molecule has 0 N–H and O–H groups in total. The van der Waals surface area contributed by atoms with Crippen LogP contribution in [0.5, 0.6) is 0 Å². The first-order valence-corrected chi connectivity index (χ1v) is 16.6. The maximum Gasteiger partial charge on any atom is 0.215 e. The van der Waals surface area contributed by atoms with Gasteiger partial charge in [0.15, 0.2) is 11.7 Å². The quantitative estimate of drug-likeness (QED) is 0.167. The molecule has 0 radical (unpaired) electrons. The molecule has 6 heteroatoms. The van der Waals surface area contributed by atoms with Gasteiger partial charge in [0.2, 0.25) is 5.69 Å². The standard InChI is InChI=1S/C40H34N5S/c1-4-40(5-2)28(3)39-35(37-24-30-14-12-13-15-31(30)26-43(37)40)25-38(46-39)44-27-36(41-42-44)29-20-22-34(23-21-29)45(32-16-8-6-9-17-32)33-18-10-7-11-19-33/h6-27H,3-5H2,1-2H3/q+1. The first kappa shape index (κ1) is 28.2. The van der Waals surface area contributed by atoms with Gasteiger partial charge in [0.05, 0.1) is 16.6 Å². The molecule has 1 aliphatic heterocycles. The lowest BCUT2D eigenvalue weighted by Crippen LogP contribution is -2.59. The van der Waals surface area contributed by atoms with Crippen molar-refractivity contribution < 1.29 is 4.57 Å². The molecule has 46 heavy (non-hydrogen) atoms. The van der Waals surface area contributed by atoms with Crippen molar-refractivity contribution in [2.24, 2.45) is 0 Å². The van der Waals surface area contributed by atoms with Crippen LogP contribution in [-0.4, -0.2) is 15.0 Å². The van der Waals surface area contributed by atoms with Gasteiger partial charge in [-0.25, -0.2) is 4.68 Å². The van der Waals surface area contributed by atoms with E-state index < -0.39 is 0 Å². The predicted molar refractivity (Wildman–Crippen MR) is 190 cm³/mol. The minimum Gasteiger partial charge on any atom is -0.311 e. The fourth-order valence-corrected chi connectivity index (χ4v) is 8.07. The van der Waals surface area contributed by atoms with Gasteiger partial charge < -0.3 is 4.90 Å². The van der Waals surface area contributed by atoms with E-state index in [0.717, 1.165) is 46.2 Å². The Bertz CT molecular complexity index is 2150. The number of hydrogen-bond donors (Lipinski definition) is 0. The molecule has 0 spiro atoms. The number of aromatic nitrogens is 4. The maximum absolute atomic E-state index is 4.70. The number of nitrogens with zero attached hydrogens (tertiary/aromatic N) is 5. The van der Waals surface area contributed by atoms with Crippen LogP contribution in [0.4, 0.5) is 17.1 Å². The Morgan fingerprint density at radius 1 is 0.761 bits per heavy atom. The third kappa shape index (κ3) is 4.48. The zero-order chi connectivity index (χ0) is 31.3. The zero-order valence-electron chi connectivity index (χ0n) is 26.0. The molecule has 4 aromatic carbocycles. The number of para-hydroxylation sites is 2. The van der Waals surface area contributed by atoms with E-state index in [1.54, 1.807) is 11.3 Å². The molecular weight excluding hydrogens is 583 g/mol. The van der Waals surface area contributed by atoms with Crippen LogP contribution in [0, 0.1) is 0 Å². The normalized spacial score (nSPS) is 13.4. The highest BCUT2D eigenvalue weighted by atomic mass is 32.1. The summed E-state index contributed by atoms with van der Waals surface area (Å²) < 4.78 is 4.38. The first-order valence-electron chi connectivity index (χ1n) is 15.8. The first-order chi connectivity index (χ1) is 22.6. The van der Waals surface area contributed by atoms with Crippen molar-refractivity contribution in [3.63, 3.8) is 0 Å². The smallest absolute Gasteiger partial charge is 0.215 e. The fraction of sp³-hybridized carbons (Fsp3) is 0.125. The zero-order valence-corrected chi connectivity index (χ0v) is 26.8. The van der Waals surface area contributed by atoms with E-state index in [2.05, 4.69) is 149 Å². The molecular formula is C40H34N5S+. The SMILES string of the molecule is C=C1c2sc(-n3cc(-c4ccc(N(c5ccccc5)c5ccccc5)cc4)nn3)cc2-c2cc3ccccc3c[n+]2C1(CC)CC. The van der Waals surface area contributed by atoms with Gasteiger partial charge in [0, 0.05) is 52.5 Å². The number of fused-ring (bicyclic) bond motifs is 4. The summed E-state index contributed by atoms with van der Waals surface area (Å²) in [6, 6.07) is 42.6. The van der Waals surface area contributed by atoms with Gasteiger partial charge in [0.1, 0.15) is 10.7 Å². The summed E-state index contributed by atoms with van der Waals surface area (Å²) in [5.41, 5.74) is 8.59. The van der Waals surface area contributed by atoms with Crippen molar-refractivity contribution in [1.29, 1.82) is 0 Å². The van der Waals surface area contributed by atoms with Crippen molar-refractivity contribution in [3.8, 4) is 27.5 Å². The fourth-order valence-electron chi connectivity index (χ4n) is 6.91. The van der Waals surface area contributed by atoms with E-state index in [4.69, 9.17) is 6.58 Å². The highest BCUT2D eigenvalue weighted by Crippen LogP contribution is 2.48. The second-order valence-electron chi connectivity index (χ2n) is 11.8. The molecule has 0 amide bonds. The van der Waals surface area contributed by atoms with Gasteiger partial charge in [0.25, 0.3) is 0 Å². The Hall–Kier alpha value is -5.33. The van der Waals surface area contributed by atoms with Gasteiger partial charge in [-0.15, -0.1) is 16.4 Å². The molecule has 1 aliphatic rings. The molecule has 0 saturated carbocycles. The van der Waals surface area contributed by atoms with E-state index in [-0.39, 0.29) is 5.54 Å². The van der Waals surface area contributed by atoms with Crippen LogP contribution in [-0.2, 0) is 5.54 Å². The van der Waals surface area contributed by atoms with Crippen molar-refractivity contribution in [1.82, 2.24) is 15.0 Å². The van der Waals surface area contributed by atoms with Crippen LogP contribution in [0.25, 0.3) is 43.9 Å². The lowest BCUT2D eigenvalue weighted by atomic mass is 9.79. The second kappa shape index (κ2) is 11.2. The molecule has 0 saturated heterocycles. The lowest BCUT2D eigenvalue weighted by molar-refractivity contribution is -0.740. The Labute approximate surface area is 273 Å². The highest BCUT2D eigenvalue weighted by molar-refractivity contribution is 7.16. The van der Waals surface area contributed by atoms with Gasteiger partial charge in [-0.1, -0.05) is 92.4 Å². The average molecular weight is 617 g/mol. The number of benzene rings is 4. The van der Waals surface area contributed by atoms with E-state index in [1.807, 2.05) is 23.0 Å². The van der Waals surface area contributed by atoms with E-state index >= 15 is 0 Å². The van der Waals surface area contributed by atoms with Crippen molar-refractivity contribution in [2.45, 2.75) is 32.2 Å². The van der Waals surface area contributed by atoms with Gasteiger partial charge >= 0.3 is 0 Å². The number of hydrogen-bond acceptors (Lipinski definition) is 4. The molecule has 8 rings (SSSR count). The summed E-state index contributed by atoms with van der Waals surface area (Å²) in [7, 11) is 0. The summed E-state index contributed by atoms with van der Waals surface area (Å²) in [5.74, 6) is 0. The van der Waals surface area contributed by atoms with Gasteiger partial charge in [-0.05, 0) is 53.9 Å². The van der Waals surface area contributed by atoms with Crippen LogP contribution in [0.3, 0.4) is 0 Å². The average Bonchev–Trinajstić information content (AvgIpc) is 3.79. The monoisotopic (exact) mass is 616 g/mol. The van der Waals surface area contributed by atoms with E-state index in [0.29, 0.717) is 0 Å². The molecule has 3 aromatic heterocycles. The minimum atomic E-state index is -0.170.